The summed E-state index contributed by atoms with van der Waals surface area (Å²) in [5.74, 6) is 0.0667. The number of hydrogen-bond acceptors (Lipinski definition) is 2. The zero-order valence-corrected chi connectivity index (χ0v) is 10.6. The van der Waals surface area contributed by atoms with Crippen LogP contribution in [0.2, 0.25) is 0 Å². The molecule has 0 spiro atoms. The zero-order valence-electron chi connectivity index (χ0n) is 10.6. The lowest BCUT2D eigenvalue weighted by Gasteiger charge is -2.19. The highest BCUT2D eigenvalue weighted by atomic mass is 16.2. The number of aryl methyl sites for hydroxylation is 2. The first kappa shape index (κ1) is 12.1. The minimum atomic E-state index is 0.0124. The van der Waals surface area contributed by atoms with Crippen molar-refractivity contribution in [3.8, 4) is 0 Å². The number of fused-ring (bicyclic) bond motifs is 1. The highest BCUT2D eigenvalue weighted by molar-refractivity contribution is 5.94. The van der Waals surface area contributed by atoms with Gasteiger partial charge in [0.05, 0.1) is 0 Å². The maximum absolute atomic E-state index is 12.2. The van der Waals surface area contributed by atoms with Crippen molar-refractivity contribution < 1.29 is 4.79 Å². The summed E-state index contributed by atoms with van der Waals surface area (Å²) in [5.41, 5.74) is 9.23. The average molecular weight is 232 g/mol. The molecule has 17 heavy (non-hydrogen) atoms. The average Bonchev–Trinajstić information content (AvgIpc) is 2.73. The van der Waals surface area contributed by atoms with Gasteiger partial charge in [0, 0.05) is 25.2 Å². The molecule has 3 nitrogen and oxygen atoms in total. The van der Waals surface area contributed by atoms with E-state index in [0.29, 0.717) is 6.54 Å². The number of likely N-dealkylation sites (N-methyl/N-ethyl adjacent to an activating group) is 1. The van der Waals surface area contributed by atoms with Gasteiger partial charge in [-0.15, -0.1) is 0 Å². The van der Waals surface area contributed by atoms with Gasteiger partial charge in [-0.2, -0.15) is 0 Å². The van der Waals surface area contributed by atoms with Crippen molar-refractivity contribution in [3.05, 3.63) is 34.9 Å². The van der Waals surface area contributed by atoms with Crippen molar-refractivity contribution >= 4 is 5.91 Å². The molecule has 0 saturated heterocycles. The van der Waals surface area contributed by atoms with Gasteiger partial charge in [-0.1, -0.05) is 6.07 Å². The topological polar surface area (TPSA) is 46.3 Å². The maximum Gasteiger partial charge on any atom is 0.253 e. The Morgan fingerprint density at radius 2 is 2.12 bits per heavy atom. The predicted octanol–water partition coefficient (Wildman–Crippen LogP) is 1.59. The first-order chi connectivity index (χ1) is 8.08. The predicted molar refractivity (Wildman–Crippen MR) is 69.1 cm³/mol. The molecule has 1 aliphatic carbocycles. The van der Waals surface area contributed by atoms with Gasteiger partial charge in [0.2, 0.25) is 0 Å². The number of hydrogen-bond donors (Lipinski definition) is 1. The second-order valence-electron chi connectivity index (χ2n) is 5.00. The summed E-state index contributed by atoms with van der Waals surface area (Å²) < 4.78 is 0. The number of nitrogens with two attached hydrogens (primary N) is 1. The van der Waals surface area contributed by atoms with Crippen LogP contribution >= 0.6 is 0 Å². The third-order valence-corrected chi connectivity index (χ3v) is 3.25. The van der Waals surface area contributed by atoms with E-state index in [1.807, 2.05) is 19.1 Å². The van der Waals surface area contributed by atoms with Crippen molar-refractivity contribution in [1.29, 1.82) is 0 Å². The van der Waals surface area contributed by atoms with Crippen LogP contribution in [-0.2, 0) is 12.8 Å². The van der Waals surface area contributed by atoms with Crippen LogP contribution in [-0.4, -0.2) is 30.4 Å². The summed E-state index contributed by atoms with van der Waals surface area (Å²) in [6.45, 7) is 2.50. The molecule has 0 fully saturated rings. The third kappa shape index (κ3) is 2.67. The van der Waals surface area contributed by atoms with E-state index >= 15 is 0 Å². The fourth-order valence-corrected chi connectivity index (χ4v) is 2.44. The van der Waals surface area contributed by atoms with Crippen LogP contribution in [0.3, 0.4) is 0 Å². The lowest BCUT2D eigenvalue weighted by molar-refractivity contribution is 0.0788. The summed E-state index contributed by atoms with van der Waals surface area (Å²) in [6, 6.07) is 6.08. The van der Waals surface area contributed by atoms with Gasteiger partial charge in [0.1, 0.15) is 0 Å². The summed E-state index contributed by atoms with van der Waals surface area (Å²) in [6.07, 6.45) is 3.47. The first-order valence-corrected chi connectivity index (χ1v) is 6.21. The van der Waals surface area contributed by atoms with E-state index in [1.54, 1.807) is 11.9 Å². The molecule has 3 heteroatoms. The molecule has 1 aliphatic rings. The largest absolute Gasteiger partial charge is 0.340 e. The monoisotopic (exact) mass is 232 g/mol. The van der Waals surface area contributed by atoms with Gasteiger partial charge in [-0.25, -0.2) is 0 Å². The van der Waals surface area contributed by atoms with Crippen molar-refractivity contribution in [1.82, 2.24) is 4.90 Å². The van der Waals surface area contributed by atoms with E-state index < -0.39 is 0 Å². The fourth-order valence-electron chi connectivity index (χ4n) is 2.44. The van der Waals surface area contributed by atoms with Gasteiger partial charge in [-0.3, -0.25) is 4.79 Å². The highest BCUT2D eigenvalue weighted by Crippen LogP contribution is 2.23. The van der Waals surface area contributed by atoms with E-state index in [2.05, 4.69) is 6.07 Å². The number of nitrogens with zero attached hydrogens (tertiary/aromatic N) is 1. The Balaban J connectivity index is 2.14. The van der Waals surface area contributed by atoms with E-state index in [0.717, 1.165) is 18.4 Å². The molecule has 0 bridgehead atoms. The van der Waals surface area contributed by atoms with Crippen LogP contribution < -0.4 is 5.73 Å². The molecule has 2 N–H and O–H groups in total. The third-order valence-electron chi connectivity index (χ3n) is 3.25. The van der Waals surface area contributed by atoms with Crippen molar-refractivity contribution in [2.75, 3.05) is 13.6 Å². The van der Waals surface area contributed by atoms with Crippen LogP contribution in [0.15, 0.2) is 18.2 Å². The van der Waals surface area contributed by atoms with E-state index in [-0.39, 0.29) is 11.9 Å². The second kappa shape index (κ2) is 4.88. The summed E-state index contributed by atoms with van der Waals surface area (Å²) in [7, 11) is 1.80. The van der Waals surface area contributed by atoms with E-state index in [1.165, 1.54) is 17.5 Å². The Morgan fingerprint density at radius 1 is 1.41 bits per heavy atom. The first-order valence-electron chi connectivity index (χ1n) is 6.21. The number of rotatable bonds is 3. The van der Waals surface area contributed by atoms with Crippen LogP contribution in [0, 0.1) is 0 Å². The lowest BCUT2D eigenvalue weighted by atomic mass is 10.1. The molecule has 0 aliphatic heterocycles. The Kier molecular flexibility index (Phi) is 3.48. The quantitative estimate of drug-likeness (QED) is 0.860. The summed E-state index contributed by atoms with van der Waals surface area (Å²) in [4.78, 5) is 13.8. The molecule has 1 unspecified atom stereocenters. The SMILES string of the molecule is CC(N)CN(C)C(=O)c1ccc2c(c1)CCC2. The summed E-state index contributed by atoms with van der Waals surface area (Å²) >= 11 is 0. The van der Waals surface area contributed by atoms with Crippen molar-refractivity contribution in [3.63, 3.8) is 0 Å². The molecule has 2 rings (SSSR count). The van der Waals surface area contributed by atoms with Gasteiger partial charge in [0.25, 0.3) is 5.91 Å². The Morgan fingerprint density at radius 3 is 2.82 bits per heavy atom. The van der Waals surface area contributed by atoms with Crippen molar-refractivity contribution in [2.45, 2.75) is 32.2 Å². The molecule has 0 saturated carbocycles. The number of benzene rings is 1. The molecule has 1 aromatic carbocycles. The molecule has 0 aromatic heterocycles. The van der Waals surface area contributed by atoms with Crippen LogP contribution in [0.25, 0.3) is 0 Å². The minimum Gasteiger partial charge on any atom is -0.340 e. The molecule has 1 aromatic rings. The molecular formula is C14H20N2O. The normalized spacial score (nSPS) is 15.5. The van der Waals surface area contributed by atoms with Gasteiger partial charge < -0.3 is 10.6 Å². The number of amides is 1. The van der Waals surface area contributed by atoms with E-state index in [9.17, 15) is 4.79 Å². The Hall–Kier alpha value is -1.35. The Bertz CT molecular complexity index is 426. The molecule has 1 amide bonds. The minimum absolute atomic E-state index is 0.0124. The van der Waals surface area contributed by atoms with Crippen LogP contribution in [0.4, 0.5) is 0 Å². The molecule has 92 valence electrons. The standard InChI is InChI=1S/C14H20N2O/c1-10(15)9-16(2)14(17)13-7-6-11-4-3-5-12(11)8-13/h6-8,10H,3-5,9,15H2,1-2H3. The number of carbonyl (C=O) groups excluding carboxylic acids is 1. The maximum atomic E-state index is 12.2. The van der Waals surface area contributed by atoms with E-state index in [4.69, 9.17) is 5.73 Å². The van der Waals surface area contributed by atoms with Crippen LogP contribution in [0.1, 0.15) is 34.8 Å². The second-order valence-corrected chi connectivity index (χ2v) is 5.00. The Labute approximate surface area is 103 Å². The molecule has 1 atom stereocenters. The highest BCUT2D eigenvalue weighted by Gasteiger charge is 2.16. The van der Waals surface area contributed by atoms with Gasteiger partial charge in [0.15, 0.2) is 0 Å². The fraction of sp³-hybridized carbons (Fsp3) is 0.500. The molecule has 0 heterocycles. The zero-order chi connectivity index (χ0) is 12.4. The number of carbonyl (C=O) groups is 1. The summed E-state index contributed by atoms with van der Waals surface area (Å²) in [5, 5.41) is 0. The van der Waals surface area contributed by atoms with Gasteiger partial charge in [-0.05, 0) is 49.4 Å². The van der Waals surface area contributed by atoms with Crippen molar-refractivity contribution in [2.24, 2.45) is 5.73 Å². The smallest absolute Gasteiger partial charge is 0.253 e. The van der Waals surface area contributed by atoms with Crippen LogP contribution in [0.5, 0.6) is 0 Å². The van der Waals surface area contributed by atoms with Gasteiger partial charge >= 0.3 is 0 Å². The molecular weight excluding hydrogens is 212 g/mol. The lowest BCUT2D eigenvalue weighted by Crippen LogP contribution is -2.36. The molecule has 0 radical (unpaired) electrons.